The number of nitriles is 1. The van der Waals surface area contributed by atoms with Crippen molar-refractivity contribution in [2.45, 2.75) is 0 Å². The van der Waals surface area contributed by atoms with Gasteiger partial charge in [0, 0.05) is 17.8 Å². The number of amides is 2. The molecule has 0 spiro atoms. The number of carbonyl (C=O) groups excluding carboxylic acids is 1. The van der Waals surface area contributed by atoms with Crippen molar-refractivity contribution in [3.8, 4) is 6.07 Å². The Hall–Kier alpha value is -2.71. The van der Waals surface area contributed by atoms with E-state index in [-0.39, 0.29) is 6.03 Å². The van der Waals surface area contributed by atoms with Crippen LogP contribution in [0.4, 0.5) is 21.9 Å². The highest BCUT2D eigenvalue weighted by Gasteiger charge is 2.14. The summed E-state index contributed by atoms with van der Waals surface area (Å²) < 4.78 is 0. The first-order valence-corrected chi connectivity index (χ1v) is 6.49. The number of halogens is 1. The van der Waals surface area contributed by atoms with Crippen molar-refractivity contribution in [3.05, 3.63) is 53.1 Å². The number of nitrogens with one attached hydrogen (secondary N) is 1. The van der Waals surface area contributed by atoms with Gasteiger partial charge in [-0.15, -0.1) is 0 Å². The van der Waals surface area contributed by atoms with Gasteiger partial charge in [0.1, 0.15) is 0 Å². The summed E-state index contributed by atoms with van der Waals surface area (Å²) in [7, 11) is 1.60. The fraction of sp³-hybridized carbons (Fsp3) is 0.0667. The Balaban J connectivity index is 2.15. The van der Waals surface area contributed by atoms with Crippen LogP contribution in [0.5, 0.6) is 0 Å². The van der Waals surface area contributed by atoms with Crippen molar-refractivity contribution < 1.29 is 4.79 Å². The van der Waals surface area contributed by atoms with Crippen molar-refractivity contribution in [3.63, 3.8) is 0 Å². The number of benzene rings is 2. The molecule has 6 heteroatoms. The number of hydrogen-bond acceptors (Lipinski definition) is 3. The van der Waals surface area contributed by atoms with E-state index in [1.807, 2.05) is 6.07 Å². The van der Waals surface area contributed by atoms with Gasteiger partial charge in [-0.3, -0.25) is 4.90 Å². The molecule has 0 heterocycles. The zero-order valence-corrected chi connectivity index (χ0v) is 12.1. The van der Waals surface area contributed by atoms with Gasteiger partial charge in [0.05, 0.1) is 23.0 Å². The van der Waals surface area contributed by atoms with Crippen LogP contribution < -0.4 is 16.0 Å². The van der Waals surface area contributed by atoms with Crippen LogP contribution in [-0.2, 0) is 0 Å². The third-order valence-corrected chi connectivity index (χ3v) is 3.16. The van der Waals surface area contributed by atoms with E-state index in [2.05, 4.69) is 5.32 Å². The number of nitrogens with two attached hydrogens (primary N) is 1. The van der Waals surface area contributed by atoms with E-state index in [0.717, 1.165) is 0 Å². The van der Waals surface area contributed by atoms with Crippen LogP contribution in [0.1, 0.15) is 5.56 Å². The molecule has 0 saturated carbocycles. The fourth-order valence-electron chi connectivity index (χ4n) is 1.75. The van der Waals surface area contributed by atoms with Crippen LogP contribution in [0.25, 0.3) is 0 Å². The maximum atomic E-state index is 12.2. The first kappa shape index (κ1) is 14.7. The SMILES string of the molecule is CN(C(=O)Nc1ccc(C#N)cc1)c1cc(Cl)ccc1N. The second kappa shape index (κ2) is 6.16. The molecular weight excluding hydrogens is 288 g/mol. The van der Waals surface area contributed by atoms with Crippen LogP contribution in [0.2, 0.25) is 5.02 Å². The van der Waals surface area contributed by atoms with Crippen molar-refractivity contribution >= 4 is 34.7 Å². The van der Waals surface area contributed by atoms with E-state index in [1.54, 1.807) is 49.5 Å². The Bertz CT molecular complexity index is 707. The first-order valence-electron chi connectivity index (χ1n) is 6.11. The highest BCUT2D eigenvalue weighted by molar-refractivity contribution is 6.31. The first-order chi connectivity index (χ1) is 10.0. The molecule has 0 unspecified atom stereocenters. The number of carbonyl (C=O) groups is 1. The average molecular weight is 301 g/mol. The number of hydrogen-bond donors (Lipinski definition) is 2. The van der Waals surface area contributed by atoms with Gasteiger partial charge in [-0.2, -0.15) is 5.26 Å². The molecule has 106 valence electrons. The summed E-state index contributed by atoms with van der Waals surface area (Å²) in [6.07, 6.45) is 0. The topological polar surface area (TPSA) is 82.2 Å². The standard InChI is InChI=1S/C15H13ClN4O/c1-20(14-8-11(16)4-7-13(14)18)15(21)19-12-5-2-10(9-17)3-6-12/h2-8H,18H2,1H3,(H,19,21). The van der Waals surface area contributed by atoms with E-state index < -0.39 is 0 Å². The second-order valence-corrected chi connectivity index (χ2v) is 4.82. The maximum absolute atomic E-state index is 12.2. The zero-order chi connectivity index (χ0) is 15.4. The molecule has 0 saturated heterocycles. The van der Waals surface area contributed by atoms with Crippen molar-refractivity contribution in [1.29, 1.82) is 5.26 Å². The summed E-state index contributed by atoms with van der Waals surface area (Å²) in [6, 6.07) is 13.2. The lowest BCUT2D eigenvalue weighted by molar-refractivity contribution is 0.258. The monoisotopic (exact) mass is 300 g/mol. The summed E-state index contributed by atoms with van der Waals surface area (Å²) in [5, 5.41) is 11.9. The lowest BCUT2D eigenvalue weighted by atomic mass is 10.2. The van der Waals surface area contributed by atoms with Gasteiger partial charge in [0.25, 0.3) is 0 Å². The molecule has 0 radical (unpaired) electrons. The summed E-state index contributed by atoms with van der Waals surface area (Å²) >= 11 is 5.91. The van der Waals surface area contributed by atoms with Crippen LogP contribution in [0.3, 0.4) is 0 Å². The molecule has 2 amide bonds. The summed E-state index contributed by atoms with van der Waals surface area (Å²) in [6.45, 7) is 0. The van der Waals surface area contributed by atoms with Crippen molar-refractivity contribution in [2.24, 2.45) is 0 Å². The van der Waals surface area contributed by atoms with Crippen LogP contribution in [-0.4, -0.2) is 13.1 Å². The quantitative estimate of drug-likeness (QED) is 0.833. The van der Waals surface area contributed by atoms with Gasteiger partial charge in [-0.25, -0.2) is 4.79 Å². The van der Waals surface area contributed by atoms with E-state index in [1.165, 1.54) is 4.90 Å². The van der Waals surface area contributed by atoms with Gasteiger partial charge < -0.3 is 11.1 Å². The molecule has 2 aromatic rings. The normalized spacial score (nSPS) is 9.76. The van der Waals surface area contributed by atoms with Crippen molar-refractivity contribution in [1.82, 2.24) is 0 Å². The molecule has 3 N–H and O–H groups in total. The Kier molecular flexibility index (Phi) is 4.31. The Morgan fingerprint density at radius 2 is 1.95 bits per heavy atom. The zero-order valence-electron chi connectivity index (χ0n) is 11.3. The molecule has 0 aliphatic carbocycles. The molecular formula is C15H13ClN4O. The number of nitrogen functional groups attached to an aromatic ring is 1. The molecule has 2 rings (SSSR count). The third-order valence-electron chi connectivity index (χ3n) is 2.92. The average Bonchev–Trinajstić information content (AvgIpc) is 2.49. The van der Waals surface area contributed by atoms with Gasteiger partial charge in [0.2, 0.25) is 0 Å². The summed E-state index contributed by atoms with van der Waals surface area (Å²) in [5.74, 6) is 0. The number of urea groups is 1. The number of anilines is 3. The largest absolute Gasteiger partial charge is 0.397 e. The van der Waals surface area contributed by atoms with Crippen molar-refractivity contribution in [2.75, 3.05) is 23.0 Å². The van der Waals surface area contributed by atoms with E-state index >= 15 is 0 Å². The lowest BCUT2D eigenvalue weighted by Crippen LogP contribution is -2.31. The maximum Gasteiger partial charge on any atom is 0.326 e. The van der Waals surface area contributed by atoms with Gasteiger partial charge in [-0.05, 0) is 42.5 Å². The predicted molar refractivity (Wildman–Crippen MR) is 84.4 cm³/mol. The summed E-state index contributed by atoms with van der Waals surface area (Å²) in [4.78, 5) is 13.6. The molecule has 0 aliphatic rings. The molecule has 21 heavy (non-hydrogen) atoms. The predicted octanol–water partition coefficient (Wildman–Crippen LogP) is 3.46. The van der Waals surface area contributed by atoms with E-state index in [4.69, 9.17) is 22.6 Å². The fourth-order valence-corrected chi connectivity index (χ4v) is 1.92. The van der Waals surface area contributed by atoms with Crippen LogP contribution in [0.15, 0.2) is 42.5 Å². The number of nitrogens with zero attached hydrogens (tertiary/aromatic N) is 2. The minimum atomic E-state index is -0.353. The Morgan fingerprint density at radius 3 is 2.57 bits per heavy atom. The number of rotatable bonds is 2. The minimum absolute atomic E-state index is 0.353. The summed E-state index contributed by atoms with van der Waals surface area (Å²) in [5.41, 5.74) is 7.94. The molecule has 2 aromatic carbocycles. The molecule has 0 aromatic heterocycles. The third kappa shape index (κ3) is 3.44. The molecule has 0 atom stereocenters. The molecule has 0 fully saturated rings. The van der Waals surface area contributed by atoms with Gasteiger partial charge >= 0.3 is 6.03 Å². The highest BCUT2D eigenvalue weighted by atomic mass is 35.5. The van der Waals surface area contributed by atoms with Crippen LogP contribution >= 0.6 is 11.6 Å². The Labute approximate surface area is 127 Å². The van der Waals surface area contributed by atoms with Gasteiger partial charge in [-0.1, -0.05) is 11.6 Å². The second-order valence-electron chi connectivity index (χ2n) is 4.38. The van der Waals surface area contributed by atoms with Gasteiger partial charge in [0.15, 0.2) is 0 Å². The lowest BCUT2D eigenvalue weighted by Gasteiger charge is -2.20. The molecule has 0 aliphatic heterocycles. The highest BCUT2D eigenvalue weighted by Crippen LogP contribution is 2.26. The van der Waals surface area contributed by atoms with E-state index in [9.17, 15) is 4.79 Å². The van der Waals surface area contributed by atoms with Crippen LogP contribution in [0, 0.1) is 11.3 Å². The minimum Gasteiger partial charge on any atom is -0.397 e. The molecule has 0 bridgehead atoms. The smallest absolute Gasteiger partial charge is 0.326 e. The molecule has 5 nitrogen and oxygen atoms in total. The van der Waals surface area contributed by atoms with E-state index in [0.29, 0.717) is 27.6 Å². The Morgan fingerprint density at radius 1 is 1.29 bits per heavy atom.